The fourth-order valence-electron chi connectivity index (χ4n) is 3.17. The second-order valence-corrected chi connectivity index (χ2v) is 5.47. The van der Waals surface area contributed by atoms with E-state index < -0.39 is 0 Å². The number of carbonyl (C=O) groups is 1. The zero-order valence-corrected chi connectivity index (χ0v) is 10.6. The van der Waals surface area contributed by atoms with E-state index in [0.29, 0.717) is 6.61 Å². The maximum Gasteiger partial charge on any atom is 0.313 e. The molecular weight excluding hydrogens is 226 g/mol. The summed E-state index contributed by atoms with van der Waals surface area (Å²) in [6, 6.07) is 10.5. The van der Waals surface area contributed by atoms with Crippen molar-refractivity contribution >= 4 is 5.97 Å². The van der Waals surface area contributed by atoms with Gasteiger partial charge >= 0.3 is 5.97 Å². The monoisotopic (exact) mass is 245 g/mol. The Labute approximate surface area is 108 Å². The van der Waals surface area contributed by atoms with E-state index >= 15 is 0 Å². The number of esters is 1. The molecule has 0 radical (unpaired) electrons. The van der Waals surface area contributed by atoms with Crippen LogP contribution in [0.5, 0.6) is 0 Å². The number of cyclic esters (lactones) is 1. The molecule has 18 heavy (non-hydrogen) atoms. The van der Waals surface area contributed by atoms with Crippen molar-refractivity contribution in [2.45, 2.75) is 25.8 Å². The van der Waals surface area contributed by atoms with Crippen LogP contribution in [-0.4, -0.2) is 30.6 Å². The molecule has 0 saturated carbocycles. The van der Waals surface area contributed by atoms with Gasteiger partial charge in [0.05, 0.1) is 12.0 Å². The lowest BCUT2D eigenvalue weighted by molar-refractivity contribution is -0.148. The molecule has 2 saturated heterocycles. The summed E-state index contributed by atoms with van der Waals surface area (Å²) in [5.41, 5.74) is 1.12. The van der Waals surface area contributed by atoms with E-state index in [1.807, 2.05) is 6.07 Å². The fourth-order valence-corrected chi connectivity index (χ4v) is 3.17. The maximum absolute atomic E-state index is 11.9. The SMILES string of the molecule is O=C1OCCC12CCCN(Cc1ccccc1)C2. The van der Waals surface area contributed by atoms with Gasteiger partial charge in [0.2, 0.25) is 0 Å². The van der Waals surface area contributed by atoms with Crippen molar-refractivity contribution < 1.29 is 9.53 Å². The van der Waals surface area contributed by atoms with Crippen LogP contribution in [0.2, 0.25) is 0 Å². The fraction of sp³-hybridized carbons (Fsp3) is 0.533. The molecule has 1 aromatic carbocycles. The summed E-state index contributed by atoms with van der Waals surface area (Å²) in [4.78, 5) is 14.3. The van der Waals surface area contributed by atoms with Gasteiger partial charge in [0.15, 0.2) is 0 Å². The minimum Gasteiger partial charge on any atom is -0.465 e. The van der Waals surface area contributed by atoms with Crippen molar-refractivity contribution in [1.82, 2.24) is 4.90 Å². The summed E-state index contributed by atoms with van der Waals surface area (Å²) in [7, 11) is 0. The molecule has 2 aliphatic heterocycles. The molecule has 2 fully saturated rings. The van der Waals surface area contributed by atoms with Gasteiger partial charge in [-0.3, -0.25) is 9.69 Å². The zero-order valence-electron chi connectivity index (χ0n) is 10.6. The van der Waals surface area contributed by atoms with Crippen molar-refractivity contribution in [2.24, 2.45) is 5.41 Å². The van der Waals surface area contributed by atoms with Gasteiger partial charge in [0, 0.05) is 13.1 Å². The van der Waals surface area contributed by atoms with Gasteiger partial charge in [-0.2, -0.15) is 0 Å². The largest absolute Gasteiger partial charge is 0.465 e. The highest BCUT2D eigenvalue weighted by molar-refractivity contribution is 5.79. The second-order valence-electron chi connectivity index (χ2n) is 5.47. The first kappa shape index (κ1) is 11.7. The molecule has 1 unspecified atom stereocenters. The number of carbonyl (C=O) groups excluding carboxylic acids is 1. The van der Waals surface area contributed by atoms with Crippen molar-refractivity contribution in [3.05, 3.63) is 35.9 Å². The lowest BCUT2D eigenvalue weighted by Crippen LogP contribution is -2.45. The number of ether oxygens (including phenoxy) is 1. The van der Waals surface area contributed by atoms with Gasteiger partial charge < -0.3 is 4.74 Å². The number of piperidine rings is 1. The van der Waals surface area contributed by atoms with Crippen LogP contribution < -0.4 is 0 Å². The molecule has 0 aromatic heterocycles. The van der Waals surface area contributed by atoms with Crippen molar-refractivity contribution in [2.75, 3.05) is 19.7 Å². The van der Waals surface area contributed by atoms with Crippen LogP contribution in [0.1, 0.15) is 24.8 Å². The molecule has 0 bridgehead atoms. The normalized spacial score (nSPS) is 28.6. The predicted octanol–water partition coefficient (Wildman–Crippen LogP) is 2.22. The van der Waals surface area contributed by atoms with Crippen molar-refractivity contribution in [3.8, 4) is 0 Å². The first-order chi connectivity index (χ1) is 8.78. The molecule has 96 valence electrons. The summed E-state index contributed by atoms with van der Waals surface area (Å²) in [6.07, 6.45) is 3.00. The van der Waals surface area contributed by atoms with E-state index in [0.717, 1.165) is 38.9 Å². The molecule has 1 spiro atoms. The zero-order chi connectivity index (χ0) is 12.4. The smallest absolute Gasteiger partial charge is 0.313 e. The molecule has 1 aromatic rings. The van der Waals surface area contributed by atoms with Gasteiger partial charge in [-0.05, 0) is 31.4 Å². The Morgan fingerprint density at radius 2 is 2.06 bits per heavy atom. The minimum atomic E-state index is -0.201. The Bertz CT molecular complexity index is 431. The molecule has 3 heteroatoms. The van der Waals surface area contributed by atoms with E-state index in [1.165, 1.54) is 5.56 Å². The number of likely N-dealkylation sites (tertiary alicyclic amines) is 1. The Kier molecular flexibility index (Phi) is 3.08. The lowest BCUT2D eigenvalue weighted by atomic mass is 9.78. The Morgan fingerprint density at radius 1 is 1.22 bits per heavy atom. The third-order valence-corrected chi connectivity index (χ3v) is 4.15. The molecular formula is C15H19NO2. The molecule has 0 N–H and O–H groups in total. The molecule has 2 aliphatic rings. The molecule has 0 amide bonds. The van der Waals surface area contributed by atoms with E-state index in [2.05, 4.69) is 29.2 Å². The van der Waals surface area contributed by atoms with Gasteiger partial charge in [0.1, 0.15) is 0 Å². The third kappa shape index (κ3) is 2.15. The molecule has 0 aliphatic carbocycles. The highest BCUT2D eigenvalue weighted by Crippen LogP contribution is 2.39. The molecule has 1 atom stereocenters. The number of nitrogens with zero attached hydrogens (tertiary/aromatic N) is 1. The van der Waals surface area contributed by atoms with Crippen LogP contribution in [0.4, 0.5) is 0 Å². The van der Waals surface area contributed by atoms with Gasteiger partial charge in [-0.25, -0.2) is 0 Å². The average Bonchev–Trinajstić information content (AvgIpc) is 2.72. The maximum atomic E-state index is 11.9. The standard InChI is InChI=1S/C15H19NO2/c17-14-15(8-10-18-14)7-4-9-16(12-15)11-13-5-2-1-3-6-13/h1-3,5-6H,4,7-12H2. The molecule has 2 heterocycles. The average molecular weight is 245 g/mol. The van der Waals surface area contributed by atoms with E-state index in [-0.39, 0.29) is 11.4 Å². The highest BCUT2D eigenvalue weighted by Gasteiger charge is 2.46. The summed E-state index contributed by atoms with van der Waals surface area (Å²) >= 11 is 0. The topological polar surface area (TPSA) is 29.5 Å². The van der Waals surface area contributed by atoms with E-state index in [1.54, 1.807) is 0 Å². The van der Waals surface area contributed by atoms with E-state index in [9.17, 15) is 4.79 Å². The van der Waals surface area contributed by atoms with Gasteiger partial charge in [0.25, 0.3) is 0 Å². The molecule has 3 nitrogen and oxygen atoms in total. The number of hydrogen-bond donors (Lipinski definition) is 0. The summed E-state index contributed by atoms with van der Waals surface area (Å²) in [6.45, 7) is 3.50. The summed E-state index contributed by atoms with van der Waals surface area (Å²) in [5, 5.41) is 0. The van der Waals surface area contributed by atoms with Crippen LogP contribution in [0.25, 0.3) is 0 Å². The number of benzene rings is 1. The van der Waals surface area contributed by atoms with Crippen LogP contribution in [0, 0.1) is 5.41 Å². The quantitative estimate of drug-likeness (QED) is 0.748. The first-order valence-corrected chi connectivity index (χ1v) is 6.72. The van der Waals surface area contributed by atoms with Crippen LogP contribution in [0.3, 0.4) is 0 Å². The Balaban J connectivity index is 1.69. The van der Waals surface area contributed by atoms with E-state index in [4.69, 9.17) is 4.74 Å². The van der Waals surface area contributed by atoms with Crippen LogP contribution in [0.15, 0.2) is 30.3 Å². The van der Waals surface area contributed by atoms with Crippen molar-refractivity contribution in [1.29, 1.82) is 0 Å². The van der Waals surface area contributed by atoms with Crippen LogP contribution >= 0.6 is 0 Å². The molecule has 3 rings (SSSR count). The number of hydrogen-bond acceptors (Lipinski definition) is 3. The van der Waals surface area contributed by atoms with Gasteiger partial charge in [-0.1, -0.05) is 30.3 Å². The number of rotatable bonds is 2. The third-order valence-electron chi connectivity index (χ3n) is 4.15. The second kappa shape index (κ2) is 4.73. The van der Waals surface area contributed by atoms with Crippen molar-refractivity contribution in [3.63, 3.8) is 0 Å². The first-order valence-electron chi connectivity index (χ1n) is 6.72. The summed E-state index contributed by atoms with van der Waals surface area (Å²) in [5.74, 6) is 0.0280. The Hall–Kier alpha value is -1.35. The highest BCUT2D eigenvalue weighted by atomic mass is 16.5. The lowest BCUT2D eigenvalue weighted by Gasteiger charge is -2.37. The van der Waals surface area contributed by atoms with Gasteiger partial charge in [-0.15, -0.1) is 0 Å². The Morgan fingerprint density at radius 3 is 2.78 bits per heavy atom. The summed E-state index contributed by atoms with van der Waals surface area (Å²) < 4.78 is 5.18. The van der Waals surface area contributed by atoms with Crippen LogP contribution in [-0.2, 0) is 16.1 Å². The predicted molar refractivity (Wildman–Crippen MR) is 69.0 cm³/mol. The minimum absolute atomic E-state index is 0.0280.